The van der Waals surface area contributed by atoms with Crippen LogP contribution in [-0.4, -0.2) is 8.42 Å². The SMILES string of the molecule is O=S(=O)(Cl)Cc1ccc(I)cc1Cl. The molecule has 0 aliphatic carbocycles. The Labute approximate surface area is 99.8 Å². The second-order valence-electron chi connectivity index (χ2n) is 2.42. The van der Waals surface area contributed by atoms with Crippen molar-refractivity contribution in [1.82, 2.24) is 0 Å². The summed E-state index contributed by atoms with van der Waals surface area (Å²) in [6, 6.07) is 5.13. The van der Waals surface area contributed by atoms with Gasteiger partial charge in [0.15, 0.2) is 0 Å². The summed E-state index contributed by atoms with van der Waals surface area (Å²) in [7, 11) is 1.56. The van der Waals surface area contributed by atoms with E-state index in [0.29, 0.717) is 10.6 Å². The zero-order chi connectivity index (χ0) is 10.1. The normalized spacial score (nSPS) is 11.6. The lowest BCUT2D eigenvalue weighted by atomic mass is 10.2. The van der Waals surface area contributed by atoms with E-state index in [1.807, 2.05) is 0 Å². The maximum atomic E-state index is 10.7. The molecular weight excluding hydrogens is 346 g/mol. The van der Waals surface area contributed by atoms with Gasteiger partial charge in [-0.2, -0.15) is 0 Å². The van der Waals surface area contributed by atoms with E-state index in [0.717, 1.165) is 3.57 Å². The van der Waals surface area contributed by atoms with Gasteiger partial charge < -0.3 is 0 Å². The zero-order valence-electron chi connectivity index (χ0n) is 6.30. The number of rotatable bonds is 2. The van der Waals surface area contributed by atoms with E-state index in [9.17, 15) is 8.42 Å². The highest BCUT2D eigenvalue weighted by Gasteiger charge is 2.10. The van der Waals surface area contributed by atoms with Crippen molar-refractivity contribution in [3.05, 3.63) is 32.4 Å². The van der Waals surface area contributed by atoms with Crippen molar-refractivity contribution in [1.29, 1.82) is 0 Å². The predicted octanol–water partition coefficient (Wildman–Crippen LogP) is 3.01. The van der Waals surface area contributed by atoms with Crippen molar-refractivity contribution in [3.8, 4) is 0 Å². The summed E-state index contributed by atoms with van der Waals surface area (Å²) in [5.74, 6) is -0.232. The summed E-state index contributed by atoms with van der Waals surface area (Å²) >= 11 is 7.90. The minimum atomic E-state index is -3.53. The van der Waals surface area contributed by atoms with Crippen LogP contribution >= 0.6 is 44.9 Å². The quantitative estimate of drug-likeness (QED) is 0.607. The van der Waals surface area contributed by atoms with Crippen LogP contribution in [0.5, 0.6) is 0 Å². The van der Waals surface area contributed by atoms with Gasteiger partial charge in [0.2, 0.25) is 9.05 Å². The Hall–Kier alpha value is 0.480. The van der Waals surface area contributed by atoms with Crippen LogP contribution in [0.1, 0.15) is 5.56 Å². The van der Waals surface area contributed by atoms with E-state index in [-0.39, 0.29) is 5.75 Å². The number of hydrogen-bond acceptors (Lipinski definition) is 2. The van der Waals surface area contributed by atoms with Crippen molar-refractivity contribution in [2.45, 2.75) is 5.75 Å². The molecule has 0 amide bonds. The maximum Gasteiger partial charge on any atom is 0.236 e. The van der Waals surface area contributed by atoms with Crippen molar-refractivity contribution in [2.24, 2.45) is 0 Å². The van der Waals surface area contributed by atoms with Gasteiger partial charge in [-0.3, -0.25) is 0 Å². The van der Waals surface area contributed by atoms with E-state index in [2.05, 4.69) is 22.6 Å². The standard InChI is InChI=1S/C7H5Cl2IO2S/c8-7-3-6(10)2-1-5(7)4-13(9,11)12/h1-3H,4H2. The van der Waals surface area contributed by atoms with Crippen LogP contribution in [0.3, 0.4) is 0 Å². The molecule has 72 valence electrons. The van der Waals surface area contributed by atoms with E-state index in [1.165, 1.54) is 0 Å². The van der Waals surface area contributed by atoms with Gasteiger partial charge in [0.25, 0.3) is 0 Å². The van der Waals surface area contributed by atoms with Crippen molar-refractivity contribution < 1.29 is 8.42 Å². The summed E-state index contributed by atoms with van der Waals surface area (Å²) in [5, 5.41) is 0.427. The van der Waals surface area contributed by atoms with Crippen LogP contribution in [0.25, 0.3) is 0 Å². The lowest BCUT2D eigenvalue weighted by molar-refractivity contribution is 0.609. The summed E-state index contributed by atoms with van der Waals surface area (Å²) in [4.78, 5) is 0. The van der Waals surface area contributed by atoms with Crippen LogP contribution in [0.4, 0.5) is 0 Å². The second-order valence-corrected chi connectivity index (χ2v) is 6.85. The van der Waals surface area contributed by atoms with Crippen molar-refractivity contribution in [2.75, 3.05) is 0 Å². The van der Waals surface area contributed by atoms with Gasteiger partial charge in [0.05, 0.1) is 5.75 Å². The predicted molar refractivity (Wildman–Crippen MR) is 62.6 cm³/mol. The third-order valence-corrected chi connectivity index (χ3v) is 3.35. The lowest BCUT2D eigenvalue weighted by Crippen LogP contribution is -1.95. The minimum absolute atomic E-state index is 0.232. The monoisotopic (exact) mass is 350 g/mol. The van der Waals surface area contributed by atoms with Crippen LogP contribution in [0.15, 0.2) is 18.2 Å². The lowest BCUT2D eigenvalue weighted by Gasteiger charge is -2.01. The number of benzene rings is 1. The smallest absolute Gasteiger partial charge is 0.212 e. The van der Waals surface area contributed by atoms with E-state index >= 15 is 0 Å². The van der Waals surface area contributed by atoms with Gasteiger partial charge in [-0.05, 0) is 40.3 Å². The average Bonchev–Trinajstić information content (AvgIpc) is 1.93. The third kappa shape index (κ3) is 4.01. The van der Waals surface area contributed by atoms with Gasteiger partial charge in [0.1, 0.15) is 0 Å². The summed E-state index contributed by atoms with van der Waals surface area (Å²) in [5.41, 5.74) is 0.525. The van der Waals surface area contributed by atoms with Gasteiger partial charge in [-0.25, -0.2) is 8.42 Å². The van der Waals surface area contributed by atoms with Crippen LogP contribution in [0.2, 0.25) is 5.02 Å². The van der Waals surface area contributed by atoms with Crippen molar-refractivity contribution in [3.63, 3.8) is 0 Å². The molecular formula is C7H5Cl2IO2S. The highest BCUT2D eigenvalue weighted by Crippen LogP contribution is 2.22. The van der Waals surface area contributed by atoms with Gasteiger partial charge in [-0.15, -0.1) is 0 Å². The van der Waals surface area contributed by atoms with E-state index in [1.54, 1.807) is 18.2 Å². The molecule has 0 aliphatic heterocycles. The Kier molecular flexibility index (Phi) is 3.85. The van der Waals surface area contributed by atoms with Crippen LogP contribution in [-0.2, 0) is 14.8 Å². The topological polar surface area (TPSA) is 34.1 Å². The highest BCUT2D eigenvalue weighted by atomic mass is 127. The molecule has 0 aliphatic rings. The molecule has 0 atom stereocenters. The Morgan fingerprint density at radius 3 is 2.46 bits per heavy atom. The fraction of sp³-hybridized carbons (Fsp3) is 0.143. The molecule has 0 bridgehead atoms. The minimum Gasteiger partial charge on any atom is -0.212 e. The van der Waals surface area contributed by atoms with E-state index < -0.39 is 9.05 Å². The molecule has 0 radical (unpaired) electrons. The molecule has 0 N–H and O–H groups in total. The molecule has 1 aromatic carbocycles. The summed E-state index contributed by atoms with van der Waals surface area (Å²) in [6.45, 7) is 0. The van der Waals surface area contributed by atoms with Gasteiger partial charge >= 0.3 is 0 Å². The molecule has 1 rings (SSSR count). The molecule has 0 saturated carbocycles. The first-order valence-electron chi connectivity index (χ1n) is 3.25. The molecule has 1 aromatic rings. The highest BCUT2D eigenvalue weighted by molar-refractivity contribution is 14.1. The Balaban J connectivity index is 3.04. The first-order chi connectivity index (χ1) is 5.88. The molecule has 0 heterocycles. The molecule has 0 aromatic heterocycles. The first kappa shape index (κ1) is 11.6. The Morgan fingerprint density at radius 2 is 2.00 bits per heavy atom. The van der Waals surface area contributed by atoms with Crippen LogP contribution in [0, 0.1) is 3.57 Å². The largest absolute Gasteiger partial charge is 0.236 e. The maximum absolute atomic E-state index is 10.7. The molecule has 13 heavy (non-hydrogen) atoms. The summed E-state index contributed by atoms with van der Waals surface area (Å²) < 4.78 is 22.4. The zero-order valence-corrected chi connectivity index (χ0v) is 10.8. The fourth-order valence-electron chi connectivity index (χ4n) is 0.824. The van der Waals surface area contributed by atoms with Crippen LogP contribution < -0.4 is 0 Å². The molecule has 2 nitrogen and oxygen atoms in total. The van der Waals surface area contributed by atoms with Crippen molar-refractivity contribution >= 4 is 53.9 Å². The number of hydrogen-bond donors (Lipinski definition) is 0. The first-order valence-corrected chi connectivity index (χ1v) is 7.18. The molecule has 0 spiro atoms. The molecule has 0 fully saturated rings. The fourth-order valence-corrected chi connectivity index (χ4v) is 2.80. The average molecular weight is 351 g/mol. The second kappa shape index (κ2) is 4.33. The Bertz CT molecular complexity index is 417. The number of halogens is 3. The molecule has 6 heteroatoms. The summed E-state index contributed by atoms with van der Waals surface area (Å²) in [6.07, 6.45) is 0. The molecule has 0 unspecified atom stereocenters. The molecule has 0 saturated heterocycles. The van der Waals surface area contributed by atoms with Gasteiger partial charge in [-0.1, -0.05) is 17.7 Å². The van der Waals surface area contributed by atoms with Gasteiger partial charge in [0, 0.05) is 19.3 Å². The third-order valence-electron chi connectivity index (χ3n) is 1.34. The Morgan fingerprint density at radius 1 is 1.38 bits per heavy atom. The van der Waals surface area contributed by atoms with E-state index in [4.69, 9.17) is 22.3 Å².